The van der Waals surface area contributed by atoms with Crippen molar-refractivity contribution in [2.24, 2.45) is 0 Å². The quantitative estimate of drug-likeness (QED) is 0.762. The summed E-state index contributed by atoms with van der Waals surface area (Å²) in [6, 6.07) is 0.347. The lowest BCUT2D eigenvalue weighted by Gasteiger charge is -2.30. The summed E-state index contributed by atoms with van der Waals surface area (Å²) in [5, 5.41) is 9.04. The van der Waals surface area contributed by atoms with Crippen molar-refractivity contribution in [1.82, 2.24) is 4.98 Å². The number of carbonyl (C=O) groups is 1. The molecule has 1 N–H and O–H groups in total. The van der Waals surface area contributed by atoms with Crippen molar-refractivity contribution in [2.45, 2.75) is 13.0 Å². The van der Waals surface area contributed by atoms with Crippen molar-refractivity contribution in [2.75, 3.05) is 37.8 Å². The van der Waals surface area contributed by atoms with E-state index in [4.69, 9.17) is 19.0 Å². The van der Waals surface area contributed by atoms with Crippen LogP contribution < -0.4 is 4.90 Å². The van der Waals surface area contributed by atoms with Crippen molar-refractivity contribution >= 4 is 12.0 Å². The maximum absolute atomic E-state index is 11.4. The number of hydrogen-bond donors (Lipinski definition) is 1. The van der Waals surface area contributed by atoms with Gasteiger partial charge in [-0.25, -0.2) is 4.79 Å². The molecule has 0 aromatic carbocycles. The Morgan fingerprint density at radius 2 is 2.56 bits per heavy atom. The Morgan fingerprint density at radius 1 is 1.72 bits per heavy atom. The van der Waals surface area contributed by atoms with Gasteiger partial charge in [0.1, 0.15) is 6.26 Å². The standard InChI is InChI=1S/C11H16N2O5/c1-2-16-10(15)9-7-18-11(12-9)13-3-4-17-8(5-13)6-14/h7-8,14H,2-6H2,1H3. The molecule has 1 saturated heterocycles. The monoisotopic (exact) mass is 256 g/mol. The van der Waals surface area contributed by atoms with Crippen LogP contribution in [0.1, 0.15) is 17.4 Å². The first-order valence-corrected chi connectivity index (χ1v) is 5.84. The van der Waals surface area contributed by atoms with E-state index < -0.39 is 5.97 Å². The highest BCUT2D eigenvalue weighted by atomic mass is 16.5. The van der Waals surface area contributed by atoms with Crippen LogP contribution in [-0.4, -0.2) is 55.1 Å². The van der Waals surface area contributed by atoms with E-state index in [1.807, 2.05) is 4.90 Å². The normalized spacial score (nSPS) is 19.9. The Balaban J connectivity index is 2.03. The molecule has 2 rings (SSSR count). The highest BCUT2D eigenvalue weighted by Crippen LogP contribution is 2.17. The van der Waals surface area contributed by atoms with Gasteiger partial charge in [0.05, 0.1) is 32.5 Å². The molecule has 1 aromatic rings. The Labute approximate surface area is 104 Å². The zero-order valence-electron chi connectivity index (χ0n) is 10.2. The van der Waals surface area contributed by atoms with Crippen LogP contribution in [-0.2, 0) is 9.47 Å². The molecular weight excluding hydrogens is 240 g/mol. The molecule has 1 aliphatic heterocycles. The lowest BCUT2D eigenvalue weighted by atomic mass is 10.3. The number of oxazole rings is 1. The van der Waals surface area contributed by atoms with Gasteiger partial charge in [0.2, 0.25) is 0 Å². The third-order valence-corrected chi connectivity index (χ3v) is 2.59. The van der Waals surface area contributed by atoms with E-state index in [0.717, 1.165) is 0 Å². The van der Waals surface area contributed by atoms with Crippen molar-refractivity contribution in [1.29, 1.82) is 0 Å². The van der Waals surface area contributed by atoms with E-state index in [9.17, 15) is 4.79 Å². The first kappa shape index (κ1) is 12.8. The van der Waals surface area contributed by atoms with Gasteiger partial charge in [-0.1, -0.05) is 0 Å². The van der Waals surface area contributed by atoms with Gasteiger partial charge in [-0.15, -0.1) is 0 Å². The molecule has 0 spiro atoms. The second-order valence-corrected chi connectivity index (χ2v) is 3.86. The number of aromatic nitrogens is 1. The Morgan fingerprint density at radius 3 is 3.28 bits per heavy atom. The minimum absolute atomic E-state index is 0.0536. The second kappa shape index (κ2) is 5.83. The predicted octanol–water partition coefficient (Wildman–Crippen LogP) is 0.0488. The third-order valence-electron chi connectivity index (χ3n) is 2.59. The van der Waals surface area contributed by atoms with Crippen LogP contribution in [0.15, 0.2) is 10.7 Å². The van der Waals surface area contributed by atoms with Crippen LogP contribution in [0.5, 0.6) is 0 Å². The Kier molecular flexibility index (Phi) is 4.16. The number of carbonyl (C=O) groups excluding carboxylic acids is 1. The summed E-state index contributed by atoms with van der Waals surface area (Å²) in [7, 11) is 0. The van der Waals surface area contributed by atoms with Gasteiger partial charge < -0.3 is 23.9 Å². The molecule has 1 unspecified atom stereocenters. The lowest BCUT2D eigenvalue weighted by molar-refractivity contribution is 0.00229. The van der Waals surface area contributed by atoms with Gasteiger partial charge >= 0.3 is 5.97 Å². The minimum atomic E-state index is -0.500. The summed E-state index contributed by atoms with van der Waals surface area (Å²) in [4.78, 5) is 17.3. The van der Waals surface area contributed by atoms with Gasteiger partial charge in [-0.2, -0.15) is 4.98 Å². The van der Waals surface area contributed by atoms with E-state index >= 15 is 0 Å². The number of aliphatic hydroxyl groups is 1. The summed E-state index contributed by atoms with van der Waals surface area (Å²) in [5.74, 6) is -0.500. The van der Waals surface area contributed by atoms with E-state index in [1.165, 1.54) is 6.26 Å². The SMILES string of the molecule is CCOC(=O)c1coc(N2CCOC(CO)C2)n1. The summed E-state index contributed by atoms with van der Waals surface area (Å²) in [6.45, 7) is 3.56. The maximum atomic E-state index is 11.4. The zero-order valence-corrected chi connectivity index (χ0v) is 10.2. The summed E-state index contributed by atoms with van der Waals surface area (Å²) >= 11 is 0. The molecule has 0 bridgehead atoms. The van der Waals surface area contributed by atoms with E-state index in [2.05, 4.69) is 4.98 Å². The van der Waals surface area contributed by atoms with E-state index in [0.29, 0.717) is 32.3 Å². The fourth-order valence-electron chi connectivity index (χ4n) is 1.71. The van der Waals surface area contributed by atoms with Crippen molar-refractivity contribution in [3.63, 3.8) is 0 Å². The molecule has 0 saturated carbocycles. The topological polar surface area (TPSA) is 85.0 Å². The molecule has 7 heteroatoms. The molecule has 1 fully saturated rings. The Bertz CT molecular complexity index is 406. The number of anilines is 1. The average molecular weight is 256 g/mol. The smallest absolute Gasteiger partial charge is 0.360 e. The fraction of sp³-hybridized carbons (Fsp3) is 0.636. The van der Waals surface area contributed by atoms with Crippen LogP contribution in [0.25, 0.3) is 0 Å². The summed E-state index contributed by atoms with van der Waals surface area (Å²) in [6.07, 6.45) is 1.02. The van der Waals surface area contributed by atoms with Crippen molar-refractivity contribution < 1.29 is 23.8 Å². The molecular formula is C11H16N2O5. The third kappa shape index (κ3) is 2.80. The summed E-state index contributed by atoms with van der Waals surface area (Å²) < 4.78 is 15.4. The second-order valence-electron chi connectivity index (χ2n) is 3.86. The number of morpholine rings is 1. The molecule has 18 heavy (non-hydrogen) atoms. The van der Waals surface area contributed by atoms with Gasteiger partial charge in [0.15, 0.2) is 5.69 Å². The number of aliphatic hydroxyl groups excluding tert-OH is 1. The van der Waals surface area contributed by atoms with Crippen molar-refractivity contribution in [3.05, 3.63) is 12.0 Å². The summed E-state index contributed by atoms with van der Waals surface area (Å²) in [5.41, 5.74) is 0.152. The van der Waals surface area contributed by atoms with E-state index in [1.54, 1.807) is 6.92 Å². The van der Waals surface area contributed by atoms with Crippen LogP contribution in [0.2, 0.25) is 0 Å². The fourth-order valence-corrected chi connectivity index (χ4v) is 1.71. The average Bonchev–Trinajstić information content (AvgIpc) is 2.89. The predicted molar refractivity (Wildman–Crippen MR) is 61.5 cm³/mol. The largest absolute Gasteiger partial charge is 0.461 e. The van der Waals surface area contributed by atoms with Crippen molar-refractivity contribution in [3.8, 4) is 0 Å². The molecule has 1 aromatic heterocycles. The molecule has 100 valence electrons. The van der Waals surface area contributed by atoms with Crippen LogP contribution >= 0.6 is 0 Å². The highest BCUT2D eigenvalue weighted by molar-refractivity contribution is 5.87. The molecule has 7 nitrogen and oxygen atoms in total. The molecule has 1 atom stereocenters. The first-order valence-electron chi connectivity index (χ1n) is 5.84. The van der Waals surface area contributed by atoms with Gasteiger partial charge in [-0.3, -0.25) is 0 Å². The molecule has 0 amide bonds. The van der Waals surface area contributed by atoms with Crippen LogP contribution in [0.3, 0.4) is 0 Å². The minimum Gasteiger partial charge on any atom is -0.461 e. The van der Waals surface area contributed by atoms with Gasteiger partial charge in [0.25, 0.3) is 6.01 Å². The molecule has 2 heterocycles. The van der Waals surface area contributed by atoms with Gasteiger partial charge in [0, 0.05) is 6.54 Å². The molecule has 0 radical (unpaired) electrons. The maximum Gasteiger partial charge on any atom is 0.360 e. The number of rotatable bonds is 4. The van der Waals surface area contributed by atoms with Crippen LogP contribution in [0, 0.1) is 0 Å². The lowest BCUT2D eigenvalue weighted by Crippen LogP contribution is -2.44. The number of hydrogen-bond acceptors (Lipinski definition) is 7. The number of esters is 1. The van der Waals surface area contributed by atoms with Crippen LogP contribution in [0.4, 0.5) is 6.01 Å². The van der Waals surface area contributed by atoms with Gasteiger partial charge in [-0.05, 0) is 6.92 Å². The zero-order chi connectivity index (χ0) is 13.0. The number of nitrogens with zero attached hydrogens (tertiary/aromatic N) is 2. The highest BCUT2D eigenvalue weighted by Gasteiger charge is 2.24. The molecule has 0 aliphatic carbocycles. The number of ether oxygens (including phenoxy) is 2. The molecule has 1 aliphatic rings. The Hall–Kier alpha value is -1.60. The first-order chi connectivity index (χ1) is 8.74. The van der Waals surface area contributed by atoms with E-state index in [-0.39, 0.29) is 18.4 Å².